The summed E-state index contributed by atoms with van der Waals surface area (Å²) in [5.41, 5.74) is 1.18. The van der Waals surface area contributed by atoms with Crippen LogP contribution in [0.4, 0.5) is 4.79 Å². The van der Waals surface area contributed by atoms with Crippen molar-refractivity contribution in [3.8, 4) is 11.8 Å². The van der Waals surface area contributed by atoms with E-state index in [9.17, 15) is 9.59 Å². The second kappa shape index (κ2) is 8.52. The maximum atomic E-state index is 12.5. The third kappa shape index (κ3) is 4.46. The summed E-state index contributed by atoms with van der Waals surface area (Å²) in [6.45, 7) is 4.57. The van der Waals surface area contributed by atoms with Crippen molar-refractivity contribution in [2.75, 3.05) is 13.2 Å². The van der Waals surface area contributed by atoms with Crippen molar-refractivity contribution < 1.29 is 14.3 Å². The molecule has 9 nitrogen and oxygen atoms in total. The fourth-order valence-corrected chi connectivity index (χ4v) is 2.86. The van der Waals surface area contributed by atoms with Crippen LogP contribution >= 0.6 is 0 Å². The highest BCUT2D eigenvalue weighted by molar-refractivity contribution is 6.04. The van der Waals surface area contributed by atoms with Gasteiger partial charge in [-0.1, -0.05) is 11.3 Å². The van der Waals surface area contributed by atoms with Crippen LogP contribution in [0.5, 0.6) is 5.75 Å². The minimum absolute atomic E-state index is 0.181. The number of hydrogen-bond donors (Lipinski definition) is 1. The van der Waals surface area contributed by atoms with E-state index in [4.69, 9.17) is 10.00 Å². The minimum Gasteiger partial charge on any atom is -0.493 e. The van der Waals surface area contributed by atoms with Crippen LogP contribution in [-0.2, 0) is 11.2 Å². The molecule has 0 aliphatic carbocycles. The monoisotopic (exact) mass is 382 g/mol. The zero-order chi connectivity index (χ0) is 20.1. The number of nitrogens with one attached hydrogen (secondary N) is 1. The Bertz CT molecular complexity index is 901. The van der Waals surface area contributed by atoms with E-state index in [-0.39, 0.29) is 18.5 Å². The van der Waals surface area contributed by atoms with Gasteiger partial charge in [0.15, 0.2) is 0 Å². The fraction of sp³-hybridized carbons (Fsp3) is 0.421. The van der Waals surface area contributed by atoms with Gasteiger partial charge in [-0.2, -0.15) is 5.26 Å². The molecule has 3 rings (SSSR count). The molecular formula is C19H22N6O3. The Labute approximate surface area is 162 Å². The van der Waals surface area contributed by atoms with Gasteiger partial charge in [-0.3, -0.25) is 9.69 Å². The summed E-state index contributed by atoms with van der Waals surface area (Å²) in [4.78, 5) is 25.8. The molecule has 28 heavy (non-hydrogen) atoms. The molecule has 1 N–H and O–H groups in total. The van der Waals surface area contributed by atoms with Gasteiger partial charge < -0.3 is 10.1 Å². The second-order valence-corrected chi connectivity index (χ2v) is 6.82. The molecule has 9 heteroatoms. The number of benzene rings is 1. The first-order valence-electron chi connectivity index (χ1n) is 9.13. The predicted molar refractivity (Wildman–Crippen MR) is 99.4 cm³/mol. The number of nitriles is 1. The van der Waals surface area contributed by atoms with Crippen molar-refractivity contribution in [1.29, 1.82) is 5.26 Å². The highest BCUT2D eigenvalue weighted by atomic mass is 16.5. The van der Waals surface area contributed by atoms with E-state index in [0.717, 1.165) is 0 Å². The predicted octanol–water partition coefficient (Wildman–Crippen LogP) is 1.66. The van der Waals surface area contributed by atoms with Gasteiger partial charge in [0.25, 0.3) is 5.91 Å². The van der Waals surface area contributed by atoms with Gasteiger partial charge in [0.05, 0.1) is 23.9 Å². The number of carbonyl (C=O) groups is 2. The molecule has 1 aliphatic heterocycles. The standard InChI is InChI=1S/C19H22N6O3/c1-13(2)25-12-15(22-23-25)10-17-18(26)24(19(27)21-17)7-4-8-28-16-6-3-5-14(9-16)11-20/h3,5-6,9,12-13,17H,4,7-8,10H2,1-2H3,(H,21,27)/t17-/m0/s1. The zero-order valence-electron chi connectivity index (χ0n) is 15.8. The number of rotatable bonds is 8. The number of ether oxygens (including phenoxy) is 1. The largest absolute Gasteiger partial charge is 0.493 e. The molecule has 0 radical (unpaired) electrons. The second-order valence-electron chi connectivity index (χ2n) is 6.82. The highest BCUT2D eigenvalue weighted by Gasteiger charge is 2.37. The van der Waals surface area contributed by atoms with Crippen molar-refractivity contribution >= 4 is 11.9 Å². The Hall–Kier alpha value is -3.41. The molecule has 1 aromatic heterocycles. The van der Waals surface area contributed by atoms with E-state index in [2.05, 4.69) is 15.6 Å². The molecule has 1 aliphatic rings. The summed E-state index contributed by atoms with van der Waals surface area (Å²) >= 11 is 0. The van der Waals surface area contributed by atoms with E-state index in [0.29, 0.717) is 36.5 Å². The smallest absolute Gasteiger partial charge is 0.324 e. The summed E-state index contributed by atoms with van der Waals surface area (Å²) in [6.07, 6.45) is 2.59. The molecule has 1 aromatic carbocycles. The van der Waals surface area contributed by atoms with Crippen molar-refractivity contribution in [3.63, 3.8) is 0 Å². The number of carbonyl (C=O) groups excluding carboxylic acids is 2. The Kier molecular flexibility index (Phi) is 5.89. The van der Waals surface area contributed by atoms with E-state index in [1.165, 1.54) is 4.90 Å². The number of urea groups is 1. The number of hydrogen-bond acceptors (Lipinski definition) is 6. The molecule has 0 saturated carbocycles. The molecule has 0 spiro atoms. The average molecular weight is 382 g/mol. The van der Waals surface area contributed by atoms with Crippen LogP contribution in [0.3, 0.4) is 0 Å². The third-order valence-electron chi connectivity index (χ3n) is 4.36. The van der Waals surface area contributed by atoms with Gasteiger partial charge in [0.1, 0.15) is 11.8 Å². The maximum Gasteiger partial charge on any atom is 0.324 e. The summed E-state index contributed by atoms with van der Waals surface area (Å²) < 4.78 is 7.30. The lowest BCUT2D eigenvalue weighted by Gasteiger charge is -2.13. The zero-order valence-corrected chi connectivity index (χ0v) is 15.8. The van der Waals surface area contributed by atoms with Gasteiger partial charge in [-0.05, 0) is 38.5 Å². The van der Waals surface area contributed by atoms with Crippen LogP contribution < -0.4 is 10.1 Å². The van der Waals surface area contributed by atoms with Gasteiger partial charge in [0.2, 0.25) is 0 Å². The van der Waals surface area contributed by atoms with Crippen LogP contribution in [0, 0.1) is 11.3 Å². The van der Waals surface area contributed by atoms with E-state index in [1.54, 1.807) is 35.1 Å². The number of nitrogens with zero attached hydrogens (tertiary/aromatic N) is 5. The molecule has 0 unspecified atom stereocenters. The molecule has 2 heterocycles. The summed E-state index contributed by atoms with van der Waals surface area (Å²) in [6, 6.07) is 8.04. The summed E-state index contributed by atoms with van der Waals surface area (Å²) in [5, 5.41) is 19.7. The molecule has 2 aromatic rings. The first-order chi connectivity index (χ1) is 13.5. The molecular weight excluding hydrogens is 360 g/mol. The molecule has 1 fully saturated rings. The minimum atomic E-state index is -0.627. The normalized spacial score (nSPS) is 16.4. The summed E-state index contributed by atoms with van der Waals surface area (Å²) in [7, 11) is 0. The first kappa shape index (κ1) is 19.4. The van der Waals surface area contributed by atoms with Gasteiger partial charge in [-0.15, -0.1) is 5.10 Å². The molecule has 1 atom stereocenters. The van der Waals surface area contributed by atoms with E-state index in [1.807, 2.05) is 19.9 Å². The van der Waals surface area contributed by atoms with Crippen molar-refractivity contribution in [2.24, 2.45) is 0 Å². The molecule has 3 amide bonds. The Morgan fingerprint density at radius 3 is 2.89 bits per heavy atom. The highest BCUT2D eigenvalue weighted by Crippen LogP contribution is 2.15. The Morgan fingerprint density at radius 1 is 1.36 bits per heavy atom. The van der Waals surface area contributed by atoms with Crippen LogP contribution in [0.15, 0.2) is 30.5 Å². The first-order valence-corrected chi connectivity index (χ1v) is 9.13. The van der Waals surface area contributed by atoms with Crippen LogP contribution in [0.2, 0.25) is 0 Å². The number of amides is 3. The lowest BCUT2D eigenvalue weighted by atomic mass is 10.1. The van der Waals surface area contributed by atoms with Gasteiger partial charge in [0, 0.05) is 25.2 Å². The lowest BCUT2D eigenvalue weighted by molar-refractivity contribution is -0.127. The molecule has 1 saturated heterocycles. The van der Waals surface area contributed by atoms with Crippen LogP contribution in [-0.4, -0.2) is 51.0 Å². The van der Waals surface area contributed by atoms with Crippen molar-refractivity contribution in [2.45, 2.75) is 38.8 Å². The van der Waals surface area contributed by atoms with E-state index >= 15 is 0 Å². The van der Waals surface area contributed by atoms with Crippen LogP contribution in [0.1, 0.15) is 37.6 Å². The Morgan fingerprint density at radius 2 is 2.18 bits per heavy atom. The fourth-order valence-electron chi connectivity index (χ4n) is 2.86. The van der Waals surface area contributed by atoms with Crippen molar-refractivity contribution in [1.82, 2.24) is 25.2 Å². The van der Waals surface area contributed by atoms with E-state index < -0.39 is 12.1 Å². The molecule has 146 valence electrons. The quantitative estimate of drug-likeness (QED) is 0.549. The van der Waals surface area contributed by atoms with Crippen LogP contribution in [0.25, 0.3) is 0 Å². The molecule has 0 bridgehead atoms. The lowest BCUT2D eigenvalue weighted by Crippen LogP contribution is -2.33. The Balaban J connectivity index is 1.48. The topological polar surface area (TPSA) is 113 Å². The maximum absolute atomic E-state index is 12.5. The SMILES string of the molecule is CC(C)n1cc(C[C@@H]2NC(=O)N(CCCOc3cccc(C#N)c3)C2=O)nn1. The van der Waals surface area contributed by atoms with Crippen molar-refractivity contribution in [3.05, 3.63) is 41.7 Å². The van der Waals surface area contributed by atoms with Gasteiger partial charge >= 0.3 is 6.03 Å². The number of imide groups is 1. The third-order valence-corrected chi connectivity index (χ3v) is 4.36. The average Bonchev–Trinajstić information content (AvgIpc) is 3.25. The van der Waals surface area contributed by atoms with Gasteiger partial charge in [-0.25, -0.2) is 9.48 Å². The summed E-state index contributed by atoms with van der Waals surface area (Å²) in [5.74, 6) is 0.318. The number of aromatic nitrogens is 3.